The molecule has 9 heteroatoms. The zero-order valence-electron chi connectivity index (χ0n) is 19.0. The van der Waals surface area contributed by atoms with Crippen molar-refractivity contribution >= 4 is 27.6 Å². The van der Waals surface area contributed by atoms with Crippen molar-refractivity contribution < 1.29 is 27.5 Å². The molecule has 1 aliphatic carbocycles. The van der Waals surface area contributed by atoms with Gasteiger partial charge in [0, 0.05) is 18.7 Å². The summed E-state index contributed by atoms with van der Waals surface area (Å²) < 4.78 is 38.2. The van der Waals surface area contributed by atoms with E-state index in [2.05, 4.69) is 5.32 Å². The predicted octanol–water partition coefficient (Wildman–Crippen LogP) is 3.37. The Bertz CT molecular complexity index is 1080. The van der Waals surface area contributed by atoms with Gasteiger partial charge >= 0.3 is 5.97 Å². The summed E-state index contributed by atoms with van der Waals surface area (Å²) in [5.74, 6) is -0.654. The molecule has 0 radical (unpaired) electrons. The first-order valence-electron chi connectivity index (χ1n) is 11.0. The maximum absolute atomic E-state index is 13.2. The van der Waals surface area contributed by atoms with Gasteiger partial charge in [-0.15, -0.1) is 0 Å². The van der Waals surface area contributed by atoms with Gasteiger partial charge in [-0.3, -0.25) is 9.59 Å². The Hall–Kier alpha value is -2.91. The van der Waals surface area contributed by atoms with Gasteiger partial charge in [0.25, 0.3) is 5.91 Å². The van der Waals surface area contributed by atoms with E-state index in [0.29, 0.717) is 11.3 Å². The fraction of sp³-hybridized carbons (Fsp3) is 0.417. The number of carbonyl (C=O) groups is 2. The topological polar surface area (TPSA) is 102 Å². The lowest BCUT2D eigenvalue weighted by molar-refractivity contribution is -0.146. The smallest absolute Gasteiger partial charge is 0.310 e. The molecule has 0 aromatic heterocycles. The van der Waals surface area contributed by atoms with Gasteiger partial charge in [-0.05, 0) is 31.0 Å². The maximum atomic E-state index is 13.2. The molecule has 8 nitrogen and oxygen atoms in total. The third-order valence-corrected chi connectivity index (χ3v) is 7.77. The normalized spacial score (nSPS) is 14.6. The largest absolute Gasteiger partial charge is 0.496 e. The van der Waals surface area contributed by atoms with Crippen LogP contribution in [-0.2, 0) is 30.8 Å². The molecule has 1 saturated carbocycles. The number of methoxy groups -OCH3 is 1. The Kier molecular flexibility index (Phi) is 8.46. The van der Waals surface area contributed by atoms with Crippen molar-refractivity contribution in [2.45, 2.75) is 49.5 Å². The second kappa shape index (κ2) is 11.3. The van der Waals surface area contributed by atoms with Crippen LogP contribution in [0.3, 0.4) is 0 Å². The number of hydrogen-bond donors (Lipinski definition) is 1. The van der Waals surface area contributed by atoms with Crippen molar-refractivity contribution in [1.29, 1.82) is 0 Å². The van der Waals surface area contributed by atoms with Crippen LogP contribution in [0.1, 0.15) is 37.7 Å². The van der Waals surface area contributed by atoms with E-state index in [0.717, 1.165) is 32.1 Å². The molecule has 178 valence electrons. The summed E-state index contributed by atoms with van der Waals surface area (Å²) in [5.41, 5.74) is 0.804. The predicted molar refractivity (Wildman–Crippen MR) is 125 cm³/mol. The Morgan fingerprint density at radius 1 is 1.03 bits per heavy atom. The number of nitrogens with zero attached hydrogens (tertiary/aromatic N) is 1. The molecule has 1 N–H and O–H groups in total. The minimum absolute atomic E-state index is 0.0202. The number of hydrogen-bond acceptors (Lipinski definition) is 6. The lowest BCUT2D eigenvalue weighted by Gasteiger charge is -2.30. The number of benzene rings is 2. The van der Waals surface area contributed by atoms with Gasteiger partial charge in [0.1, 0.15) is 10.6 Å². The molecule has 0 aliphatic heterocycles. The molecule has 0 unspecified atom stereocenters. The van der Waals surface area contributed by atoms with Gasteiger partial charge in [-0.25, -0.2) is 8.42 Å². The number of sulfonamides is 1. The van der Waals surface area contributed by atoms with Crippen LogP contribution in [-0.4, -0.2) is 51.4 Å². The van der Waals surface area contributed by atoms with Crippen molar-refractivity contribution in [2.75, 3.05) is 26.1 Å². The molecule has 0 bridgehead atoms. The van der Waals surface area contributed by atoms with E-state index < -0.39 is 28.5 Å². The van der Waals surface area contributed by atoms with Crippen molar-refractivity contribution in [3.63, 3.8) is 0 Å². The van der Waals surface area contributed by atoms with Crippen molar-refractivity contribution in [1.82, 2.24) is 4.31 Å². The molecule has 0 atom stereocenters. The molecule has 33 heavy (non-hydrogen) atoms. The highest BCUT2D eigenvalue weighted by molar-refractivity contribution is 7.89. The number of amides is 1. The Morgan fingerprint density at radius 3 is 2.42 bits per heavy atom. The fourth-order valence-corrected chi connectivity index (χ4v) is 5.54. The highest BCUT2D eigenvalue weighted by atomic mass is 32.2. The third-order valence-electron chi connectivity index (χ3n) is 5.80. The molecule has 0 saturated heterocycles. The monoisotopic (exact) mass is 474 g/mol. The molecular weight excluding hydrogens is 444 g/mol. The summed E-state index contributed by atoms with van der Waals surface area (Å²) >= 11 is 0. The molecule has 0 heterocycles. The number of esters is 1. The van der Waals surface area contributed by atoms with Crippen LogP contribution >= 0.6 is 0 Å². The Labute approximate surface area is 194 Å². The molecule has 1 aliphatic rings. The van der Waals surface area contributed by atoms with E-state index in [1.165, 1.54) is 23.5 Å². The summed E-state index contributed by atoms with van der Waals surface area (Å²) in [4.78, 5) is 24.6. The number of para-hydroxylation sites is 2. The van der Waals surface area contributed by atoms with Gasteiger partial charge in [0.2, 0.25) is 10.0 Å². The minimum atomic E-state index is -3.80. The Balaban J connectivity index is 1.63. The summed E-state index contributed by atoms with van der Waals surface area (Å²) in [6, 6.07) is 13.2. The summed E-state index contributed by atoms with van der Waals surface area (Å²) in [5, 5.41) is 2.57. The van der Waals surface area contributed by atoms with Crippen LogP contribution < -0.4 is 10.1 Å². The zero-order chi connectivity index (χ0) is 23.8. The highest BCUT2D eigenvalue weighted by Gasteiger charge is 2.31. The molecule has 1 amide bonds. The first-order valence-corrected chi connectivity index (χ1v) is 12.4. The zero-order valence-corrected chi connectivity index (χ0v) is 19.8. The van der Waals surface area contributed by atoms with E-state index in [1.807, 2.05) is 0 Å². The van der Waals surface area contributed by atoms with Crippen LogP contribution in [0.2, 0.25) is 0 Å². The first kappa shape index (κ1) is 24.7. The number of ether oxygens (including phenoxy) is 2. The SMILES string of the molecule is COc1ccccc1CC(=O)OCC(=O)Nc1ccccc1S(=O)(=O)N(C)C1CCCCC1. The number of nitrogens with one attached hydrogen (secondary N) is 1. The molecule has 1 fully saturated rings. The Morgan fingerprint density at radius 2 is 1.70 bits per heavy atom. The average molecular weight is 475 g/mol. The van der Waals surface area contributed by atoms with E-state index in [9.17, 15) is 18.0 Å². The molecular formula is C24H30N2O6S. The summed E-state index contributed by atoms with van der Waals surface area (Å²) in [6.07, 6.45) is 4.73. The van der Waals surface area contributed by atoms with Crippen LogP contribution in [0.5, 0.6) is 5.75 Å². The van der Waals surface area contributed by atoms with Crippen LogP contribution in [0.15, 0.2) is 53.4 Å². The number of anilines is 1. The standard InChI is InChI=1S/C24H30N2O6S/c1-26(19-11-4-3-5-12-19)33(29,30)22-15-9-7-13-20(22)25-23(27)17-32-24(28)16-18-10-6-8-14-21(18)31-2/h6-10,13-15,19H,3-5,11-12,16-17H2,1-2H3,(H,25,27). The molecule has 2 aromatic rings. The lowest BCUT2D eigenvalue weighted by Crippen LogP contribution is -2.38. The quantitative estimate of drug-likeness (QED) is 0.559. The van der Waals surface area contributed by atoms with Gasteiger partial charge in [-0.1, -0.05) is 49.6 Å². The van der Waals surface area contributed by atoms with Gasteiger partial charge in [0.05, 0.1) is 19.2 Å². The fourth-order valence-electron chi connectivity index (χ4n) is 3.98. The van der Waals surface area contributed by atoms with Gasteiger partial charge < -0.3 is 14.8 Å². The van der Waals surface area contributed by atoms with E-state index in [-0.39, 0.29) is 23.0 Å². The van der Waals surface area contributed by atoms with Gasteiger partial charge in [0.15, 0.2) is 6.61 Å². The first-order chi connectivity index (χ1) is 15.8. The molecule has 3 rings (SSSR count). The van der Waals surface area contributed by atoms with Crippen molar-refractivity contribution in [3.05, 3.63) is 54.1 Å². The average Bonchev–Trinajstić information content (AvgIpc) is 2.83. The van der Waals surface area contributed by atoms with Crippen LogP contribution in [0, 0.1) is 0 Å². The number of rotatable bonds is 9. The highest BCUT2D eigenvalue weighted by Crippen LogP contribution is 2.29. The van der Waals surface area contributed by atoms with Crippen LogP contribution in [0.4, 0.5) is 5.69 Å². The van der Waals surface area contributed by atoms with Crippen molar-refractivity contribution in [3.8, 4) is 5.75 Å². The van der Waals surface area contributed by atoms with Crippen LogP contribution in [0.25, 0.3) is 0 Å². The van der Waals surface area contributed by atoms with Gasteiger partial charge in [-0.2, -0.15) is 4.31 Å². The minimum Gasteiger partial charge on any atom is -0.496 e. The van der Waals surface area contributed by atoms with E-state index >= 15 is 0 Å². The third kappa shape index (κ3) is 6.33. The second-order valence-electron chi connectivity index (χ2n) is 8.01. The lowest BCUT2D eigenvalue weighted by atomic mass is 9.96. The summed E-state index contributed by atoms with van der Waals surface area (Å²) in [6.45, 7) is -0.527. The maximum Gasteiger partial charge on any atom is 0.310 e. The second-order valence-corrected chi connectivity index (χ2v) is 9.97. The van der Waals surface area contributed by atoms with Crippen molar-refractivity contribution in [2.24, 2.45) is 0 Å². The van der Waals surface area contributed by atoms with E-state index in [4.69, 9.17) is 9.47 Å². The summed E-state index contributed by atoms with van der Waals surface area (Å²) in [7, 11) is -0.702. The molecule has 0 spiro atoms. The number of carbonyl (C=O) groups excluding carboxylic acids is 2. The van der Waals surface area contributed by atoms with E-state index in [1.54, 1.807) is 43.4 Å². The molecule has 2 aromatic carbocycles.